The van der Waals surface area contributed by atoms with E-state index in [2.05, 4.69) is 26.1 Å². The molecule has 0 aromatic carbocycles. The maximum absolute atomic E-state index is 11.9. The van der Waals surface area contributed by atoms with Crippen LogP contribution in [0.3, 0.4) is 0 Å². The average Bonchev–Trinajstić information content (AvgIpc) is 2.29. The number of likely N-dealkylation sites (tertiary alicyclic amines) is 1. The first-order chi connectivity index (χ1) is 8.09. The van der Waals surface area contributed by atoms with Gasteiger partial charge >= 0.3 is 0 Å². The van der Waals surface area contributed by atoms with Gasteiger partial charge in [-0.1, -0.05) is 20.8 Å². The van der Waals surface area contributed by atoms with Crippen molar-refractivity contribution in [3.8, 4) is 0 Å². The minimum atomic E-state index is 0.279. The Morgan fingerprint density at radius 3 is 2.41 bits per heavy atom. The van der Waals surface area contributed by atoms with Gasteiger partial charge in [-0.05, 0) is 44.1 Å². The van der Waals surface area contributed by atoms with Gasteiger partial charge in [0.25, 0.3) is 0 Å². The molecule has 1 rings (SSSR count). The minimum absolute atomic E-state index is 0.279. The Bertz CT molecular complexity index is 222. The molecule has 0 aliphatic carbocycles. The van der Waals surface area contributed by atoms with Crippen LogP contribution in [-0.4, -0.2) is 37.0 Å². The summed E-state index contributed by atoms with van der Waals surface area (Å²) in [7, 11) is 0. The van der Waals surface area contributed by atoms with E-state index < -0.39 is 0 Å². The van der Waals surface area contributed by atoms with Gasteiger partial charge in [-0.3, -0.25) is 4.79 Å². The topological polar surface area (TPSA) is 32.3 Å². The minimum Gasteiger partial charge on any atom is -0.342 e. The summed E-state index contributed by atoms with van der Waals surface area (Å²) < 4.78 is 0. The lowest BCUT2D eigenvalue weighted by atomic mass is 9.99. The number of rotatable bonds is 6. The average molecular weight is 240 g/mol. The van der Waals surface area contributed by atoms with E-state index in [9.17, 15) is 4.79 Å². The first-order valence-electron chi connectivity index (χ1n) is 7.08. The van der Waals surface area contributed by atoms with Crippen LogP contribution in [0.2, 0.25) is 0 Å². The number of nitrogens with zero attached hydrogens (tertiary/aromatic N) is 1. The summed E-state index contributed by atoms with van der Waals surface area (Å²) in [5.74, 6) is 1.68. The first kappa shape index (κ1) is 14.5. The van der Waals surface area contributed by atoms with Gasteiger partial charge < -0.3 is 10.2 Å². The lowest BCUT2D eigenvalue weighted by Gasteiger charge is -2.27. The third-order valence-electron chi connectivity index (χ3n) is 3.35. The summed E-state index contributed by atoms with van der Waals surface area (Å²) >= 11 is 0. The Hall–Kier alpha value is -0.570. The van der Waals surface area contributed by atoms with E-state index in [1.165, 1.54) is 25.7 Å². The predicted octanol–water partition coefficient (Wildman–Crippen LogP) is 2.27. The van der Waals surface area contributed by atoms with Crippen LogP contribution in [0.25, 0.3) is 0 Å². The number of piperidine rings is 1. The van der Waals surface area contributed by atoms with E-state index >= 15 is 0 Å². The molecule has 17 heavy (non-hydrogen) atoms. The SMILES string of the molecule is CC(C)CC(C)CNCC(=O)N1CCCCC1. The largest absolute Gasteiger partial charge is 0.342 e. The number of nitrogens with one attached hydrogen (secondary N) is 1. The molecule has 1 saturated heterocycles. The summed E-state index contributed by atoms with van der Waals surface area (Å²) in [6.07, 6.45) is 4.86. The fourth-order valence-electron chi connectivity index (χ4n) is 2.57. The molecule has 0 aromatic heterocycles. The van der Waals surface area contributed by atoms with Crippen molar-refractivity contribution in [3.05, 3.63) is 0 Å². The van der Waals surface area contributed by atoms with E-state index in [1.54, 1.807) is 0 Å². The Kier molecular flexibility index (Phi) is 6.56. The molecule has 0 radical (unpaired) electrons. The molecule has 1 unspecified atom stereocenters. The number of hydrogen-bond acceptors (Lipinski definition) is 2. The van der Waals surface area contributed by atoms with Crippen molar-refractivity contribution >= 4 is 5.91 Å². The van der Waals surface area contributed by atoms with Crippen molar-refractivity contribution in [1.29, 1.82) is 0 Å². The van der Waals surface area contributed by atoms with Crippen molar-refractivity contribution in [2.45, 2.75) is 46.5 Å². The highest BCUT2D eigenvalue weighted by molar-refractivity contribution is 5.78. The van der Waals surface area contributed by atoms with Gasteiger partial charge in [-0.15, -0.1) is 0 Å². The van der Waals surface area contributed by atoms with Crippen LogP contribution in [0.4, 0.5) is 0 Å². The molecule has 100 valence electrons. The first-order valence-corrected chi connectivity index (χ1v) is 7.08. The molecular formula is C14H28N2O. The zero-order valence-corrected chi connectivity index (χ0v) is 11.7. The Morgan fingerprint density at radius 2 is 1.82 bits per heavy atom. The number of carbonyl (C=O) groups is 1. The van der Waals surface area contributed by atoms with Crippen LogP contribution in [0.15, 0.2) is 0 Å². The van der Waals surface area contributed by atoms with Crippen molar-refractivity contribution < 1.29 is 4.79 Å². The van der Waals surface area contributed by atoms with Gasteiger partial charge in [0.15, 0.2) is 0 Å². The summed E-state index contributed by atoms with van der Waals surface area (Å²) in [5.41, 5.74) is 0. The zero-order chi connectivity index (χ0) is 12.7. The molecule has 3 nitrogen and oxygen atoms in total. The van der Waals surface area contributed by atoms with E-state index in [0.29, 0.717) is 12.5 Å². The van der Waals surface area contributed by atoms with Gasteiger partial charge in [0, 0.05) is 13.1 Å². The molecule has 1 N–H and O–H groups in total. The van der Waals surface area contributed by atoms with Crippen LogP contribution < -0.4 is 5.32 Å². The quantitative estimate of drug-likeness (QED) is 0.772. The standard InChI is InChI=1S/C14H28N2O/c1-12(2)9-13(3)10-15-11-14(17)16-7-5-4-6-8-16/h12-13,15H,4-11H2,1-3H3. The van der Waals surface area contributed by atoms with Crippen LogP contribution in [0.1, 0.15) is 46.5 Å². The van der Waals surface area contributed by atoms with E-state index in [4.69, 9.17) is 0 Å². The Morgan fingerprint density at radius 1 is 1.18 bits per heavy atom. The number of hydrogen-bond donors (Lipinski definition) is 1. The molecule has 1 amide bonds. The van der Waals surface area contributed by atoms with Crippen molar-refractivity contribution in [2.24, 2.45) is 11.8 Å². The van der Waals surface area contributed by atoms with Crippen molar-refractivity contribution in [1.82, 2.24) is 10.2 Å². The second-order valence-corrected chi connectivity index (χ2v) is 5.81. The Balaban J connectivity index is 2.10. The van der Waals surface area contributed by atoms with Crippen LogP contribution in [-0.2, 0) is 4.79 Å². The molecule has 1 aliphatic heterocycles. The highest BCUT2D eigenvalue weighted by atomic mass is 16.2. The normalized spacial score (nSPS) is 18.5. The molecule has 1 heterocycles. The highest BCUT2D eigenvalue weighted by Gasteiger charge is 2.15. The molecule has 1 atom stereocenters. The lowest BCUT2D eigenvalue weighted by Crippen LogP contribution is -2.41. The fraction of sp³-hybridized carbons (Fsp3) is 0.929. The number of carbonyl (C=O) groups excluding carboxylic acids is 1. The highest BCUT2D eigenvalue weighted by Crippen LogP contribution is 2.10. The van der Waals surface area contributed by atoms with Gasteiger partial charge in [0.05, 0.1) is 6.54 Å². The molecule has 0 bridgehead atoms. The second-order valence-electron chi connectivity index (χ2n) is 5.81. The van der Waals surface area contributed by atoms with E-state index in [-0.39, 0.29) is 5.91 Å². The van der Waals surface area contributed by atoms with Crippen LogP contribution in [0.5, 0.6) is 0 Å². The smallest absolute Gasteiger partial charge is 0.236 e. The van der Waals surface area contributed by atoms with Crippen LogP contribution >= 0.6 is 0 Å². The predicted molar refractivity (Wildman–Crippen MR) is 71.9 cm³/mol. The van der Waals surface area contributed by atoms with E-state index in [0.717, 1.165) is 25.6 Å². The molecule has 3 heteroatoms. The zero-order valence-electron chi connectivity index (χ0n) is 11.7. The lowest BCUT2D eigenvalue weighted by molar-refractivity contribution is -0.131. The van der Waals surface area contributed by atoms with Gasteiger partial charge in [-0.25, -0.2) is 0 Å². The summed E-state index contributed by atoms with van der Waals surface area (Å²) in [5, 5.41) is 3.30. The van der Waals surface area contributed by atoms with Gasteiger partial charge in [0.1, 0.15) is 0 Å². The summed E-state index contributed by atoms with van der Waals surface area (Å²) in [6.45, 7) is 10.1. The third-order valence-corrected chi connectivity index (χ3v) is 3.35. The molecule has 0 spiro atoms. The maximum Gasteiger partial charge on any atom is 0.236 e. The molecule has 0 saturated carbocycles. The maximum atomic E-state index is 11.9. The van der Waals surface area contributed by atoms with Gasteiger partial charge in [0.2, 0.25) is 5.91 Å². The van der Waals surface area contributed by atoms with E-state index in [1.807, 2.05) is 4.90 Å². The summed E-state index contributed by atoms with van der Waals surface area (Å²) in [6, 6.07) is 0. The molecule has 1 fully saturated rings. The molecule has 1 aliphatic rings. The monoisotopic (exact) mass is 240 g/mol. The van der Waals surface area contributed by atoms with Crippen LogP contribution in [0, 0.1) is 11.8 Å². The molecular weight excluding hydrogens is 212 g/mol. The molecule has 0 aromatic rings. The second kappa shape index (κ2) is 7.70. The summed E-state index contributed by atoms with van der Waals surface area (Å²) in [4.78, 5) is 13.9. The number of amides is 1. The van der Waals surface area contributed by atoms with Gasteiger partial charge in [-0.2, -0.15) is 0 Å². The van der Waals surface area contributed by atoms with Crippen molar-refractivity contribution in [3.63, 3.8) is 0 Å². The fourth-order valence-corrected chi connectivity index (χ4v) is 2.57. The van der Waals surface area contributed by atoms with Crippen molar-refractivity contribution in [2.75, 3.05) is 26.2 Å². The third kappa shape index (κ3) is 6.06. The Labute approximate surface area is 106 Å².